The summed E-state index contributed by atoms with van der Waals surface area (Å²) >= 11 is 7.39. The SMILES string of the molecule is Cc1ccc(C(=O)NNc2nc3ccc(Cl)cc3s2)c(C)c1. The van der Waals surface area contributed by atoms with Gasteiger partial charge in [0, 0.05) is 10.6 Å². The second-order valence-corrected chi connectivity index (χ2v) is 6.50. The predicted octanol–water partition coefficient (Wildman–Crippen LogP) is 4.32. The van der Waals surface area contributed by atoms with Crippen LogP contribution >= 0.6 is 22.9 Å². The number of aromatic nitrogens is 1. The van der Waals surface area contributed by atoms with Crippen LogP contribution < -0.4 is 10.9 Å². The highest BCUT2D eigenvalue weighted by Gasteiger charge is 2.10. The van der Waals surface area contributed by atoms with Crippen molar-refractivity contribution in [2.24, 2.45) is 0 Å². The lowest BCUT2D eigenvalue weighted by Gasteiger charge is -2.08. The predicted molar refractivity (Wildman–Crippen MR) is 91.6 cm³/mol. The first kappa shape index (κ1) is 14.8. The van der Waals surface area contributed by atoms with Gasteiger partial charge < -0.3 is 0 Å². The fourth-order valence-corrected chi connectivity index (χ4v) is 3.29. The van der Waals surface area contributed by atoms with Crippen LogP contribution in [0.15, 0.2) is 36.4 Å². The Kier molecular flexibility index (Phi) is 4.00. The number of amides is 1. The molecule has 2 N–H and O–H groups in total. The van der Waals surface area contributed by atoms with Gasteiger partial charge in [0.15, 0.2) is 0 Å². The first-order valence-electron chi connectivity index (χ1n) is 6.72. The minimum atomic E-state index is -0.185. The smallest absolute Gasteiger partial charge is 0.269 e. The van der Waals surface area contributed by atoms with E-state index in [1.54, 1.807) is 6.07 Å². The highest BCUT2D eigenvalue weighted by molar-refractivity contribution is 7.22. The molecule has 1 heterocycles. The molecule has 0 saturated heterocycles. The zero-order valence-corrected chi connectivity index (χ0v) is 13.7. The van der Waals surface area contributed by atoms with E-state index in [0.717, 1.165) is 21.3 Å². The number of hydrazine groups is 1. The summed E-state index contributed by atoms with van der Waals surface area (Å²) in [6.45, 7) is 3.92. The summed E-state index contributed by atoms with van der Waals surface area (Å²) in [5.74, 6) is -0.185. The molecule has 4 nitrogen and oxygen atoms in total. The number of rotatable bonds is 3. The van der Waals surface area contributed by atoms with Crippen LogP contribution in [0.4, 0.5) is 5.13 Å². The summed E-state index contributed by atoms with van der Waals surface area (Å²) in [5.41, 5.74) is 9.09. The van der Waals surface area contributed by atoms with E-state index in [1.807, 2.05) is 44.2 Å². The number of nitrogens with zero attached hydrogens (tertiary/aromatic N) is 1. The number of fused-ring (bicyclic) bond motifs is 1. The minimum absolute atomic E-state index is 0.185. The van der Waals surface area contributed by atoms with Crippen LogP contribution in [-0.4, -0.2) is 10.9 Å². The van der Waals surface area contributed by atoms with Crippen molar-refractivity contribution in [1.29, 1.82) is 0 Å². The lowest BCUT2D eigenvalue weighted by molar-refractivity contribution is 0.0962. The first-order valence-corrected chi connectivity index (χ1v) is 7.92. The first-order chi connectivity index (χ1) is 10.5. The number of anilines is 1. The lowest BCUT2D eigenvalue weighted by Crippen LogP contribution is -2.29. The van der Waals surface area contributed by atoms with E-state index in [9.17, 15) is 4.79 Å². The van der Waals surface area contributed by atoms with Crippen molar-refractivity contribution < 1.29 is 4.79 Å². The third-order valence-electron chi connectivity index (χ3n) is 3.26. The van der Waals surface area contributed by atoms with Gasteiger partial charge in [0.2, 0.25) is 5.13 Å². The number of benzene rings is 2. The zero-order chi connectivity index (χ0) is 15.7. The number of halogens is 1. The Balaban J connectivity index is 1.74. The molecule has 0 aliphatic carbocycles. The van der Waals surface area contributed by atoms with E-state index in [4.69, 9.17) is 11.6 Å². The number of carbonyl (C=O) groups excluding carboxylic acids is 1. The maximum atomic E-state index is 12.2. The summed E-state index contributed by atoms with van der Waals surface area (Å²) in [5, 5.41) is 1.29. The molecule has 0 aliphatic heterocycles. The summed E-state index contributed by atoms with van der Waals surface area (Å²) in [6.07, 6.45) is 0. The standard InChI is InChI=1S/C16H14ClN3OS/c1-9-3-5-12(10(2)7-9)15(21)19-20-16-18-13-6-4-11(17)8-14(13)22-16/h3-8H,1-2H3,(H,18,20)(H,19,21). The second-order valence-electron chi connectivity index (χ2n) is 5.03. The van der Waals surface area contributed by atoms with E-state index in [1.165, 1.54) is 11.3 Å². The Hall–Kier alpha value is -2.11. The molecular weight excluding hydrogens is 318 g/mol. The second kappa shape index (κ2) is 5.94. The molecule has 1 aromatic heterocycles. The number of hydrogen-bond acceptors (Lipinski definition) is 4. The maximum Gasteiger partial charge on any atom is 0.269 e. The topological polar surface area (TPSA) is 54.0 Å². The van der Waals surface area contributed by atoms with Gasteiger partial charge in [-0.05, 0) is 43.7 Å². The van der Waals surface area contributed by atoms with E-state index in [0.29, 0.717) is 15.7 Å². The molecule has 0 atom stereocenters. The zero-order valence-electron chi connectivity index (χ0n) is 12.1. The van der Waals surface area contributed by atoms with Gasteiger partial charge in [-0.2, -0.15) is 0 Å². The van der Waals surface area contributed by atoms with Crippen LogP contribution in [0, 0.1) is 13.8 Å². The van der Waals surface area contributed by atoms with E-state index in [2.05, 4.69) is 15.8 Å². The maximum absolute atomic E-state index is 12.2. The van der Waals surface area contributed by atoms with Crippen LogP contribution in [-0.2, 0) is 0 Å². The Morgan fingerprint density at radius 1 is 1.18 bits per heavy atom. The Morgan fingerprint density at radius 3 is 2.77 bits per heavy atom. The lowest BCUT2D eigenvalue weighted by atomic mass is 10.1. The van der Waals surface area contributed by atoms with Crippen molar-refractivity contribution in [3.63, 3.8) is 0 Å². The van der Waals surface area contributed by atoms with E-state index >= 15 is 0 Å². The van der Waals surface area contributed by atoms with Crippen molar-refractivity contribution in [3.8, 4) is 0 Å². The van der Waals surface area contributed by atoms with Gasteiger partial charge in [0.05, 0.1) is 10.2 Å². The van der Waals surface area contributed by atoms with E-state index < -0.39 is 0 Å². The molecule has 0 spiro atoms. The van der Waals surface area contributed by atoms with Crippen molar-refractivity contribution >= 4 is 44.2 Å². The van der Waals surface area contributed by atoms with Gasteiger partial charge in [-0.15, -0.1) is 0 Å². The van der Waals surface area contributed by atoms with Crippen molar-refractivity contribution in [2.75, 3.05) is 5.43 Å². The molecule has 3 aromatic rings. The highest BCUT2D eigenvalue weighted by atomic mass is 35.5. The van der Waals surface area contributed by atoms with Gasteiger partial charge >= 0.3 is 0 Å². The van der Waals surface area contributed by atoms with Crippen LogP contribution in [0.1, 0.15) is 21.5 Å². The third kappa shape index (κ3) is 3.05. The average molecular weight is 332 g/mol. The number of nitrogens with one attached hydrogen (secondary N) is 2. The molecule has 3 rings (SSSR count). The number of aryl methyl sites for hydroxylation is 2. The van der Waals surface area contributed by atoms with Gasteiger partial charge in [0.1, 0.15) is 0 Å². The number of hydrogen-bond donors (Lipinski definition) is 2. The molecule has 0 aliphatic rings. The van der Waals surface area contributed by atoms with Gasteiger partial charge in [-0.1, -0.05) is 40.6 Å². The molecule has 0 saturated carbocycles. The molecule has 112 valence electrons. The van der Waals surface area contributed by atoms with Gasteiger partial charge in [-0.3, -0.25) is 15.6 Å². The summed E-state index contributed by atoms with van der Waals surface area (Å²) < 4.78 is 0.968. The Labute approximate surface area is 137 Å². The van der Waals surface area contributed by atoms with Crippen molar-refractivity contribution in [3.05, 3.63) is 58.1 Å². The monoisotopic (exact) mass is 331 g/mol. The summed E-state index contributed by atoms with van der Waals surface area (Å²) in [7, 11) is 0. The van der Waals surface area contributed by atoms with Crippen LogP contribution in [0.3, 0.4) is 0 Å². The Morgan fingerprint density at radius 2 is 2.00 bits per heavy atom. The van der Waals surface area contributed by atoms with Crippen LogP contribution in [0.25, 0.3) is 10.2 Å². The fraction of sp³-hybridized carbons (Fsp3) is 0.125. The fourth-order valence-electron chi connectivity index (χ4n) is 2.20. The molecule has 0 fully saturated rings. The summed E-state index contributed by atoms with van der Waals surface area (Å²) in [6, 6.07) is 11.2. The summed E-state index contributed by atoms with van der Waals surface area (Å²) in [4.78, 5) is 16.6. The molecule has 1 amide bonds. The number of thiazole rings is 1. The largest absolute Gasteiger partial charge is 0.273 e. The Bertz CT molecular complexity index is 860. The average Bonchev–Trinajstić information content (AvgIpc) is 2.86. The van der Waals surface area contributed by atoms with Crippen LogP contribution in [0.5, 0.6) is 0 Å². The molecule has 22 heavy (non-hydrogen) atoms. The molecule has 0 unspecified atom stereocenters. The molecular formula is C16H14ClN3OS. The normalized spacial score (nSPS) is 10.7. The van der Waals surface area contributed by atoms with Gasteiger partial charge in [-0.25, -0.2) is 4.98 Å². The highest BCUT2D eigenvalue weighted by Crippen LogP contribution is 2.27. The number of carbonyl (C=O) groups is 1. The third-order valence-corrected chi connectivity index (χ3v) is 4.43. The van der Waals surface area contributed by atoms with Crippen molar-refractivity contribution in [2.45, 2.75) is 13.8 Å². The van der Waals surface area contributed by atoms with Crippen LogP contribution in [0.2, 0.25) is 5.02 Å². The molecule has 0 radical (unpaired) electrons. The van der Waals surface area contributed by atoms with Crippen molar-refractivity contribution in [1.82, 2.24) is 10.4 Å². The van der Waals surface area contributed by atoms with Gasteiger partial charge in [0.25, 0.3) is 5.91 Å². The molecule has 6 heteroatoms. The molecule has 2 aromatic carbocycles. The molecule has 0 bridgehead atoms. The minimum Gasteiger partial charge on any atom is -0.273 e. The quantitative estimate of drug-likeness (QED) is 0.703. The van der Waals surface area contributed by atoms with E-state index in [-0.39, 0.29) is 5.91 Å².